The Morgan fingerprint density at radius 2 is 0.889 bits per heavy atom. The molecule has 9 heteroatoms. The summed E-state index contributed by atoms with van der Waals surface area (Å²) in [6, 6.07) is 6.40. The van der Waals surface area contributed by atoms with Crippen LogP contribution in [0.5, 0.6) is 5.75 Å². The quantitative estimate of drug-likeness (QED) is 0.0573. The molecule has 0 aliphatic rings. The lowest BCUT2D eigenvalue weighted by Crippen LogP contribution is -1.99. The second-order valence-electron chi connectivity index (χ2n) is 11.5. The van der Waals surface area contributed by atoms with Gasteiger partial charge in [0.15, 0.2) is 0 Å². The smallest absolute Gasteiger partial charge is 0.307 e. The van der Waals surface area contributed by atoms with Gasteiger partial charge in [-0.25, -0.2) is 0 Å². The number of hydrogen-bond acceptors (Lipinski definition) is 6. The first-order chi connectivity index (χ1) is 21.6. The van der Waals surface area contributed by atoms with E-state index in [0.29, 0.717) is 12.0 Å². The van der Waals surface area contributed by atoms with Crippen molar-refractivity contribution >= 4 is 23.9 Å². The van der Waals surface area contributed by atoms with Gasteiger partial charge >= 0.3 is 23.9 Å². The summed E-state index contributed by atoms with van der Waals surface area (Å²) < 4.78 is 4.62. The molecule has 0 aliphatic heterocycles. The normalized spacial score (nSPS) is 10.2. The van der Waals surface area contributed by atoms with E-state index in [0.717, 1.165) is 51.4 Å². The Morgan fingerprint density at radius 3 is 1.22 bits per heavy atom. The minimum absolute atomic E-state index is 0.0369. The third kappa shape index (κ3) is 37.0. The molecular formula is C36H62O9. The highest BCUT2D eigenvalue weighted by atomic mass is 16.5. The van der Waals surface area contributed by atoms with Gasteiger partial charge in [-0.05, 0) is 25.3 Å². The van der Waals surface area contributed by atoms with E-state index < -0.39 is 17.9 Å². The van der Waals surface area contributed by atoms with E-state index in [1.807, 2.05) is 0 Å². The molecule has 0 radical (unpaired) electrons. The third-order valence-electron chi connectivity index (χ3n) is 7.33. The van der Waals surface area contributed by atoms with Gasteiger partial charge < -0.3 is 25.2 Å². The minimum atomic E-state index is -0.938. The number of aliphatic carboxylic acids is 3. The first-order valence-electron chi connectivity index (χ1n) is 17.1. The summed E-state index contributed by atoms with van der Waals surface area (Å²) in [5, 5.41) is 34.2. The Balaban J connectivity index is 0. The van der Waals surface area contributed by atoms with Crippen molar-refractivity contribution in [2.45, 2.75) is 161 Å². The first kappa shape index (κ1) is 44.0. The molecule has 45 heavy (non-hydrogen) atoms. The summed E-state index contributed by atoms with van der Waals surface area (Å²) in [6.07, 6.45) is 25.0. The Hall–Kier alpha value is -3.10. The van der Waals surface area contributed by atoms with Gasteiger partial charge in [-0.3, -0.25) is 19.2 Å². The maximum absolute atomic E-state index is 10.9. The number of rotatable bonds is 26. The van der Waals surface area contributed by atoms with E-state index in [4.69, 9.17) is 20.4 Å². The lowest BCUT2D eigenvalue weighted by molar-refractivity contribution is -0.141. The van der Waals surface area contributed by atoms with Crippen LogP contribution in [-0.2, 0) is 30.3 Å². The lowest BCUT2D eigenvalue weighted by Gasteiger charge is -2.03. The average Bonchev–Trinajstić information content (AvgIpc) is 3.00. The molecule has 0 heterocycles. The van der Waals surface area contributed by atoms with Crippen molar-refractivity contribution in [2.75, 3.05) is 7.11 Å². The average molecular weight is 639 g/mol. The zero-order valence-electron chi connectivity index (χ0n) is 28.1. The zero-order valence-corrected chi connectivity index (χ0v) is 28.1. The summed E-state index contributed by atoms with van der Waals surface area (Å²) in [5.74, 6) is -2.42. The van der Waals surface area contributed by atoms with Crippen molar-refractivity contribution in [3.63, 3.8) is 0 Å². The monoisotopic (exact) mass is 638 g/mol. The largest absolute Gasteiger partial charge is 0.508 e. The van der Waals surface area contributed by atoms with Crippen molar-refractivity contribution in [2.24, 2.45) is 0 Å². The lowest BCUT2D eigenvalue weighted by atomic mass is 10.0. The highest BCUT2D eigenvalue weighted by Crippen LogP contribution is 2.16. The van der Waals surface area contributed by atoms with Crippen LogP contribution in [0.1, 0.15) is 160 Å². The summed E-state index contributed by atoms with van der Waals surface area (Å²) in [4.78, 5) is 41.5. The predicted molar refractivity (Wildman–Crippen MR) is 179 cm³/mol. The van der Waals surface area contributed by atoms with E-state index >= 15 is 0 Å². The molecule has 1 aromatic rings. The molecule has 1 aromatic carbocycles. The number of benzene rings is 1. The maximum Gasteiger partial charge on any atom is 0.307 e. The minimum Gasteiger partial charge on any atom is -0.508 e. The number of phenolic OH excluding ortho intramolecular Hbond substituents is 1. The number of carbonyl (C=O) groups is 4. The van der Waals surface area contributed by atoms with Crippen LogP contribution in [0.15, 0.2) is 24.3 Å². The number of carboxylic acid groups (broad SMARTS) is 3. The molecule has 4 N–H and O–H groups in total. The van der Waals surface area contributed by atoms with Crippen molar-refractivity contribution in [3.8, 4) is 5.75 Å². The fraction of sp³-hybridized carbons (Fsp3) is 0.722. The molecule has 0 fully saturated rings. The second-order valence-corrected chi connectivity index (χ2v) is 11.5. The SMILES string of the molecule is CCCCCCCCCCCCCCCC(=O)OC.O=C(O)CCCCCCCCCC(=O)O.O=C(O)Cc1ccccc1O. The van der Waals surface area contributed by atoms with Crippen molar-refractivity contribution in [1.82, 2.24) is 0 Å². The summed E-state index contributed by atoms with van der Waals surface area (Å²) >= 11 is 0. The van der Waals surface area contributed by atoms with E-state index in [1.54, 1.807) is 18.2 Å². The predicted octanol–water partition coefficient (Wildman–Crippen LogP) is 9.33. The van der Waals surface area contributed by atoms with Crippen LogP contribution in [0.25, 0.3) is 0 Å². The van der Waals surface area contributed by atoms with Crippen LogP contribution >= 0.6 is 0 Å². The van der Waals surface area contributed by atoms with E-state index in [2.05, 4.69) is 11.7 Å². The van der Waals surface area contributed by atoms with Gasteiger partial charge in [0.1, 0.15) is 5.75 Å². The van der Waals surface area contributed by atoms with Gasteiger partial charge in [0.2, 0.25) is 0 Å². The van der Waals surface area contributed by atoms with Crippen LogP contribution in [0.2, 0.25) is 0 Å². The fourth-order valence-corrected chi connectivity index (χ4v) is 4.65. The van der Waals surface area contributed by atoms with Crippen molar-refractivity contribution < 1.29 is 44.3 Å². The zero-order chi connectivity index (χ0) is 34.0. The fourth-order valence-electron chi connectivity index (χ4n) is 4.65. The van der Waals surface area contributed by atoms with Gasteiger partial charge in [0.25, 0.3) is 0 Å². The van der Waals surface area contributed by atoms with Crippen LogP contribution in [0.3, 0.4) is 0 Å². The molecule has 0 atom stereocenters. The molecule has 0 bridgehead atoms. The number of ether oxygens (including phenoxy) is 1. The second kappa shape index (κ2) is 33.8. The molecule has 0 aliphatic carbocycles. The molecule has 0 aromatic heterocycles. The number of methoxy groups -OCH3 is 1. The summed E-state index contributed by atoms with van der Waals surface area (Å²) in [7, 11) is 1.46. The van der Waals surface area contributed by atoms with Gasteiger partial charge in [0.05, 0.1) is 13.5 Å². The number of hydrogen-bond donors (Lipinski definition) is 4. The Morgan fingerprint density at radius 1 is 0.533 bits per heavy atom. The van der Waals surface area contributed by atoms with Crippen LogP contribution in [-0.4, -0.2) is 51.4 Å². The third-order valence-corrected chi connectivity index (χ3v) is 7.33. The van der Waals surface area contributed by atoms with Crippen LogP contribution in [0.4, 0.5) is 0 Å². The number of aromatic hydroxyl groups is 1. The molecule has 0 spiro atoms. The van der Waals surface area contributed by atoms with Crippen molar-refractivity contribution in [1.29, 1.82) is 0 Å². The molecule has 0 saturated heterocycles. The Kier molecular flexibility index (Phi) is 33.1. The van der Waals surface area contributed by atoms with Gasteiger partial charge in [-0.1, -0.05) is 134 Å². The number of para-hydroxylation sites is 1. The molecule has 0 amide bonds. The topological polar surface area (TPSA) is 158 Å². The highest BCUT2D eigenvalue weighted by Gasteiger charge is 2.03. The number of carboxylic acids is 3. The maximum atomic E-state index is 10.9. The number of esters is 1. The van der Waals surface area contributed by atoms with Crippen molar-refractivity contribution in [3.05, 3.63) is 29.8 Å². The standard InChI is InChI=1S/C17H34O2.C11H20O4.C8H8O3/c1-3-4-5-6-7-8-9-10-11-12-13-14-15-16-17(18)19-2;12-10(13)8-6-4-2-1-3-5-7-9-11(14)15;9-7-4-2-1-3-6(7)5-8(10)11/h3-16H2,1-2H3;1-9H2,(H,12,13)(H,14,15);1-4,9H,5H2,(H,10,11). The molecule has 260 valence electrons. The Labute approximate surface area is 271 Å². The van der Waals surface area contributed by atoms with E-state index in [1.165, 1.54) is 90.2 Å². The molecule has 9 nitrogen and oxygen atoms in total. The van der Waals surface area contributed by atoms with Crippen LogP contribution in [0, 0.1) is 0 Å². The highest BCUT2D eigenvalue weighted by molar-refractivity contribution is 5.71. The molecular weight excluding hydrogens is 576 g/mol. The molecule has 0 unspecified atom stereocenters. The summed E-state index contributed by atoms with van der Waals surface area (Å²) in [5.41, 5.74) is 0.444. The number of unbranched alkanes of at least 4 members (excludes halogenated alkanes) is 18. The first-order valence-corrected chi connectivity index (χ1v) is 17.1. The number of carbonyl (C=O) groups excluding carboxylic acids is 1. The van der Waals surface area contributed by atoms with Gasteiger partial charge in [-0.15, -0.1) is 0 Å². The number of phenols is 1. The van der Waals surface area contributed by atoms with E-state index in [9.17, 15) is 19.2 Å². The summed E-state index contributed by atoms with van der Waals surface area (Å²) in [6.45, 7) is 2.27. The molecule has 1 rings (SSSR count). The molecule has 0 saturated carbocycles. The Bertz CT molecular complexity index is 850. The van der Waals surface area contributed by atoms with Gasteiger partial charge in [-0.2, -0.15) is 0 Å². The van der Waals surface area contributed by atoms with Gasteiger partial charge in [0, 0.05) is 24.8 Å². The van der Waals surface area contributed by atoms with E-state index in [-0.39, 0.29) is 31.0 Å². The van der Waals surface area contributed by atoms with Crippen LogP contribution < -0.4 is 0 Å².